The second kappa shape index (κ2) is 10.6. The van der Waals surface area contributed by atoms with E-state index >= 15 is 0 Å². The Bertz CT molecular complexity index is 1350. The summed E-state index contributed by atoms with van der Waals surface area (Å²) in [6.07, 6.45) is -6.95. The minimum atomic E-state index is -1.46. The van der Waals surface area contributed by atoms with Crippen molar-refractivity contribution in [3.63, 3.8) is 0 Å². The van der Waals surface area contributed by atoms with Crippen molar-refractivity contribution >= 4 is 5.97 Å². The molecule has 4 aliphatic heterocycles. The second-order valence-electron chi connectivity index (χ2n) is 11.2. The van der Waals surface area contributed by atoms with Crippen LogP contribution in [0.1, 0.15) is 46.8 Å². The zero-order valence-corrected chi connectivity index (χ0v) is 22.6. The third kappa shape index (κ3) is 4.35. The molecule has 13 heteroatoms. The molecule has 3 saturated heterocycles. The number of fused-ring (bicyclic) bond motifs is 4. The van der Waals surface area contributed by atoms with Crippen LogP contribution in [-0.2, 0) is 41.7 Å². The molecule has 0 amide bonds. The molecule has 13 nitrogen and oxygen atoms in total. The number of benzene rings is 2. The van der Waals surface area contributed by atoms with E-state index in [0.29, 0.717) is 28.2 Å². The molecule has 4 heterocycles. The standard InChI is InChI=1S/C29H32O13/c1-11-36-9-20-27(40-11)24(33)25(34)29(41-20)42-26-16-5-19-18(38-10-39-19)4-15(16)21(22-17(26)8-37-28(22)35)12-2-13(6-30)23(32)14(3-12)7-31/h2-5,11,17,20-22,24-27,29-34H,6-10H2,1H3/t11-,17+,20?,21?,22+,24-,25-,26-,27-,29?/m1/s1. The molecule has 0 radical (unpaired) electrons. The van der Waals surface area contributed by atoms with Crippen molar-refractivity contribution in [2.75, 3.05) is 20.0 Å². The van der Waals surface area contributed by atoms with Gasteiger partial charge in [-0.05, 0) is 47.9 Å². The molecular formula is C29H32O13. The maximum Gasteiger partial charge on any atom is 0.310 e. The van der Waals surface area contributed by atoms with Crippen LogP contribution >= 0.6 is 0 Å². The number of phenols is 1. The van der Waals surface area contributed by atoms with E-state index in [-0.39, 0.29) is 36.9 Å². The normalized spacial score (nSPS) is 36.6. The molecule has 2 aromatic rings. The summed E-state index contributed by atoms with van der Waals surface area (Å²) in [5.74, 6) is -1.71. The van der Waals surface area contributed by atoms with Crippen molar-refractivity contribution in [1.82, 2.24) is 0 Å². The highest BCUT2D eigenvalue weighted by Crippen LogP contribution is 2.56. The summed E-state index contributed by atoms with van der Waals surface area (Å²) in [6, 6.07) is 6.73. The number of aliphatic hydroxyl groups is 4. The summed E-state index contributed by atoms with van der Waals surface area (Å²) in [5, 5.41) is 52.3. The summed E-state index contributed by atoms with van der Waals surface area (Å²) in [7, 11) is 0. The predicted octanol–water partition coefficient (Wildman–Crippen LogP) is 0.306. The Hall–Kier alpha value is -3.01. The minimum Gasteiger partial charge on any atom is -0.507 e. The lowest BCUT2D eigenvalue weighted by atomic mass is 9.66. The van der Waals surface area contributed by atoms with Gasteiger partial charge in [0.1, 0.15) is 30.2 Å². The maximum absolute atomic E-state index is 13.3. The third-order valence-electron chi connectivity index (χ3n) is 8.87. The fourth-order valence-corrected chi connectivity index (χ4v) is 6.85. The number of carbonyl (C=O) groups is 1. The van der Waals surface area contributed by atoms with Gasteiger partial charge in [0.25, 0.3) is 0 Å². The van der Waals surface area contributed by atoms with Crippen LogP contribution in [0.2, 0.25) is 0 Å². The van der Waals surface area contributed by atoms with Gasteiger partial charge in [-0.25, -0.2) is 0 Å². The van der Waals surface area contributed by atoms with Crippen molar-refractivity contribution in [3.05, 3.63) is 52.1 Å². The molecule has 10 atom stereocenters. The zero-order valence-electron chi connectivity index (χ0n) is 22.6. The van der Waals surface area contributed by atoms with Crippen LogP contribution in [0.15, 0.2) is 24.3 Å². The molecule has 3 fully saturated rings. The van der Waals surface area contributed by atoms with Crippen LogP contribution in [0.4, 0.5) is 0 Å². The summed E-state index contributed by atoms with van der Waals surface area (Å²) in [6.45, 7) is 0.875. The lowest BCUT2D eigenvalue weighted by Crippen LogP contribution is -2.63. The lowest BCUT2D eigenvalue weighted by Gasteiger charge is -2.47. The molecule has 0 bridgehead atoms. The number of carbonyl (C=O) groups excluding carboxylic acids is 1. The van der Waals surface area contributed by atoms with Gasteiger partial charge >= 0.3 is 5.97 Å². The summed E-state index contributed by atoms with van der Waals surface area (Å²) in [4.78, 5) is 13.3. The number of ether oxygens (including phenoxy) is 7. The zero-order chi connectivity index (χ0) is 29.3. The first-order chi connectivity index (χ1) is 20.3. The SMILES string of the molecule is C[C@@H]1OCC2OC(O[C@@H]3c4cc5c(cc4C(c4cc(CO)c(O)c(CO)c4)[C@H]4C(=O)OC[C@H]34)OCO5)[C@H](O)[C@@H](O)[C@@H]2O1. The summed E-state index contributed by atoms with van der Waals surface area (Å²) in [5.41, 5.74) is 2.25. The first kappa shape index (κ1) is 27.8. The second-order valence-corrected chi connectivity index (χ2v) is 11.2. The van der Waals surface area contributed by atoms with Crippen LogP contribution < -0.4 is 9.47 Å². The number of rotatable bonds is 5. The van der Waals surface area contributed by atoms with Gasteiger partial charge in [-0.1, -0.05) is 0 Å². The quantitative estimate of drug-likeness (QED) is 0.301. The molecule has 42 heavy (non-hydrogen) atoms. The predicted molar refractivity (Wildman–Crippen MR) is 137 cm³/mol. The highest BCUT2D eigenvalue weighted by atomic mass is 16.8. The van der Waals surface area contributed by atoms with Crippen LogP contribution in [0.3, 0.4) is 0 Å². The maximum atomic E-state index is 13.3. The number of esters is 1. The smallest absolute Gasteiger partial charge is 0.310 e. The average molecular weight is 589 g/mol. The topological polar surface area (TPSA) is 183 Å². The van der Waals surface area contributed by atoms with Gasteiger partial charge in [0.2, 0.25) is 6.79 Å². The van der Waals surface area contributed by atoms with Gasteiger partial charge in [-0.3, -0.25) is 4.79 Å². The monoisotopic (exact) mass is 588 g/mol. The van der Waals surface area contributed by atoms with E-state index in [1.807, 2.05) is 0 Å². The molecule has 2 aromatic carbocycles. The molecule has 5 aliphatic rings. The van der Waals surface area contributed by atoms with Crippen molar-refractivity contribution in [1.29, 1.82) is 0 Å². The highest BCUT2D eigenvalue weighted by molar-refractivity contribution is 5.78. The van der Waals surface area contributed by atoms with Crippen molar-refractivity contribution in [2.24, 2.45) is 11.8 Å². The van der Waals surface area contributed by atoms with E-state index < -0.39 is 80.0 Å². The van der Waals surface area contributed by atoms with E-state index in [0.717, 1.165) is 0 Å². The van der Waals surface area contributed by atoms with Gasteiger partial charge in [-0.15, -0.1) is 0 Å². The van der Waals surface area contributed by atoms with Gasteiger partial charge in [0.05, 0.1) is 38.4 Å². The van der Waals surface area contributed by atoms with E-state index in [4.69, 9.17) is 33.2 Å². The van der Waals surface area contributed by atoms with Gasteiger partial charge in [0, 0.05) is 23.0 Å². The molecular weight excluding hydrogens is 556 g/mol. The van der Waals surface area contributed by atoms with Crippen LogP contribution in [0.25, 0.3) is 0 Å². The minimum absolute atomic E-state index is 0.00395. The Labute approximate surface area is 240 Å². The van der Waals surface area contributed by atoms with Gasteiger partial charge in [0.15, 0.2) is 24.1 Å². The fraction of sp³-hybridized carbons (Fsp3) is 0.552. The molecule has 0 spiro atoms. The number of hydrogen-bond acceptors (Lipinski definition) is 13. The molecule has 226 valence electrons. The van der Waals surface area contributed by atoms with Crippen molar-refractivity contribution < 1.29 is 63.5 Å². The van der Waals surface area contributed by atoms with E-state index in [9.17, 15) is 30.3 Å². The van der Waals surface area contributed by atoms with Gasteiger partial charge in [-0.2, -0.15) is 0 Å². The average Bonchev–Trinajstić information content (AvgIpc) is 3.61. The number of cyclic esters (lactones) is 1. The molecule has 0 saturated carbocycles. The van der Waals surface area contributed by atoms with Crippen molar-refractivity contribution in [2.45, 2.75) is 69.2 Å². The Morgan fingerprint density at radius 2 is 1.60 bits per heavy atom. The number of hydrogen-bond donors (Lipinski definition) is 5. The third-order valence-corrected chi connectivity index (χ3v) is 8.87. The Morgan fingerprint density at radius 3 is 2.29 bits per heavy atom. The Kier molecular flexibility index (Phi) is 7.02. The van der Waals surface area contributed by atoms with Crippen LogP contribution in [0.5, 0.6) is 17.2 Å². The fourth-order valence-electron chi connectivity index (χ4n) is 6.85. The van der Waals surface area contributed by atoms with Crippen LogP contribution in [0, 0.1) is 11.8 Å². The van der Waals surface area contributed by atoms with Gasteiger partial charge < -0.3 is 58.7 Å². The molecule has 0 aromatic heterocycles. The highest BCUT2D eigenvalue weighted by Gasteiger charge is 2.56. The summed E-state index contributed by atoms with van der Waals surface area (Å²) >= 11 is 0. The molecule has 3 unspecified atom stereocenters. The Morgan fingerprint density at radius 1 is 0.905 bits per heavy atom. The van der Waals surface area contributed by atoms with E-state index in [2.05, 4.69) is 0 Å². The summed E-state index contributed by atoms with van der Waals surface area (Å²) < 4.78 is 40.5. The lowest BCUT2D eigenvalue weighted by molar-refractivity contribution is -0.364. The van der Waals surface area contributed by atoms with Crippen molar-refractivity contribution in [3.8, 4) is 17.2 Å². The molecule has 7 rings (SSSR count). The number of aromatic hydroxyl groups is 1. The first-order valence-electron chi connectivity index (χ1n) is 13.9. The largest absolute Gasteiger partial charge is 0.507 e. The molecule has 5 N–H and O–H groups in total. The van der Waals surface area contributed by atoms with E-state index in [1.165, 1.54) is 0 Å². The van der Waals surface area contributed by atoms with E-state index in [1.54, 1.807) is 31.2 Å². The first-order valence-corrected chi connectivity index (χ1v) is 13.9. The van der Waals surface area contributed by atoms with Crippen LogP contribution in [-0.4, -0.2) is 88.5 Å². The Balaban J connectivity index is 1.32. The number of aliphatic hydroxyl groups excluding tert-OH is 4. The molecule has 1 aliphatic carbocycles.